The van der Waals surface area contributed by atoms with E-state index in [0.717, 1.165) is 36.8 Å². The van der Waals surface area contributed by atoms with Crippen LogP contribution in [-0.4, -0.2) is 31.1 Å². The number of imidazole rings is 1. The molecule has 0 bridgehead atoms. The Morgan fingerprint density at radius 2 is 1.83 bits per heavy atom. The van der Waals surface area contributed by atoms with Gasteiger partial charge in [0.2, 0.25) is 0 Å². The van der Waals surface area contributed by atoms with E-state index in [2.05, 4.69) is 15.3 Å². The minimum absolute atomic E-state index is 0.0260. The summed E-state index contributed by atoms with van der Waals surface area (Å²) in [6.45, 7) is 2.96. The Labute approximate surface area is 208 Å². The third-order valence-electron chi connectivity index (χ3n) is 6.88. The number of hydrogen-bond donors (Lipinski definition) is 1. The number of benzene rings is 1. The fraction of sp³-hybridized carbons (Fsp3) is 0.333. The van der Waals surface area contributed by atoms with E-state index in [1.165, 1.54) is 0 Å². The number of hydrogen-bond acceptors (Lipinski definition) is 4. The number of nitrogens with zero attached hydrogens (tertiary/aromatic N) is 4. The molecule has 5 rings (SSSR count). The Hall–Kier alpha value is -3.45. The number of aromatic nitrogens is 4. The van der Waals surface area contributed by atoms with Crippen molar-refractivity contribution in [3.8, 4) is 0 Å². The van der Waals surface area contributed by atoms with Crippen molar-refractivity contribution in [3.63, 3.8) is 0 Å². The lowest BCUT2D eigenvalue weighted by molar-refractivity contribution is 0.0919. The number of aryl methyl sites for hydroxylation is 1. The van der Waals surface area contributed by atoms with Crippen LogP contribution in [0.4, 0.5) is 0 Å². The minimum Gasteiger partial charge on any atom is -0.349 e. The van der Waals surface area contributed by atoms with Crippen LogP contribution in [0.1, 0.15) is 47.3 Å². The summed E-state index contributed by atoms with van der Waals surface area (Å²) in [7, 11) is 0. The van der Waals surface area contributed by atoms with Crippen LogP contribution >= 0.6 is 11.6 Å². The van der Waals surface area contributed by atoms with Crippen LogP contribution in [-0.2, 0) is 13.1 Å². The van der Waals surface area contributed by atoms with Crippen molar-refractivity contribution < 1.29 is 4.79 Å². The summed E-state index contributed by atoms with van der Waals surface area (Å²) >= 11 is 6.02. The summed E-state index contributed by atoms with van der Waals surface area (Å²) in [5.41, 5.74) is 3.81. The number of fused-ring (bicyclic) bond motifs is 1. The van der Waals surface area contributed by atoms with Crippen LogP contribution in [0.2, 0.25) is 5.02 Å². The molecule has 0 unspecified atom stereocenters. The second-order valence-corrected chi connectivity index (χ2v) is 9.73. The molecule has 0 spiro atoms. The summed E-state index contributed by atoms with van der Waals surface area (Å²) < 4.78 is 3.63. The first-order chi connectivity index (χ1) is 17.0. The zero-order valence-electron chi connectivity index (χ0n) is 19.7. The van der Waals surface area contributed by atoms with E-state index < -0.39 is 0 Å². The Balaban J connectivity index is 1.27. The fourth-order valence-electron chi connectivity index (χ4n) is 4.98. The van der Waals surface area contributed by atoms with Crippen LogP contribution in [0.3, 0.4) is 0 Å². The highest BCUT2D eigenvalue weighted by Gasteiger charge is 2.25. The summed E-state index contributed by atoms with van der Waals surface area (Å²) in [6.07, 6.45) is 6.91. The molecule has 1 aliphatic rings. The number of carbonyl (C=O) groups is 1. The van der Waals surface area contributed by atoms with Gasteiger partial charge in [-0.3, -0.25) is 18.9 Å². The molecule has 1 fully saturated rings. The maximum atomic E-state index is 13.4. The van der Waals surface area contributed by atoms with E-state index in [1.807, 2.05) is 54.0 Å². The molecule has 180 valence electrons. The molecular weight excluding hydrogens is 462 g/mol. The van der Waals surface area contributed by atoms with Crippen molar-refractivity contribution in [2.24, 2.45) is 5.92 Å². The zero-order valence-corrected chi connectivity index (χ0v) is 20.4. The normalized spacial score (nSPS) is 18.0. The van der Waals surface area contributed by atoms with Gasteiger partial charge in [-0.2, -0.15) is 0 Å². The number of pyridine rings is 2. The van der Waals surface area contributed by atoms with E-state index in [0.29, 0.717) is 40.9 Å². The van der Waals surface area contributed by atoms with Crippen LogP contribution in [0.15, 0.2) is 65.7 Å². The topological polar surface area (TPSA) is 81.8 Å². The fourth-order valence-corrected chi connectivity index (χ4v) is 5.14. The number of carbonyl (C=O) groups excluding carboxylic acids is 1. The SMILES string of the molecule is Cc1ncc(Cl)cc1C(=O)N[C@H]1CC[C@H](Cn2c(=O)n(Cc3ccccc3)c3ncccc32)CC1. The zero-order chi connectivity index (χ0) is 24.4. The van der Waals surface area contributed by atoms with Gasteiger partial charge < -0.3 is 5.32 Å². The number of halogens is 1. The third-order valence-corrected chi connectivity index (χ3v) is 7.09. The van der Waals surface area contributed by atoms with Gasteiger partial charge >= 0.3 is 5.69 Å². The highest BCUT2D eigenvalue weighted by molar-refractivity contribution is 6.30. The second-order valence-electron chi connectivity index (χ2n) is 9.29. The van der Waals surface area contributed by atoms with Crippen molar-refractivity contribution >= 4 is 28.7 Å². The molecule has 1 aliphatic carbocycles. The molecule has 0 atom stereocenters. The first-order valence-electron chi connectivity index (χ1n) is 12.0. The number of rotatable bonds is 6. The van der Waals surface area contributed by atoms with E-state index in [9.17, 15) is 9.59 Å². The predicted octanol–water partition coefficient (Wildman–Crippen LogP) is 4.59. The van der Waals surface area contributed by atoms with Gasteiger partial charge in [0.05, 0.1) is 28.3 Å². The van der Waals surface area contributed by atoms with Gasteiger partial charge in [-0.1, -0.05) is 41.9 Å². The quantitative estimate of drug-likeness (QED) is 0.429. The minimum atomic E-state index is -0.132. The maximum absolute atomic E-state index is 13.4. The summed E-state index contributed by atoms with van der Waals surface area (Å²) in [4.78, 5) is 34.8. The molecule has 3 heterocycles. The van der Waals surface area contributed by atoms with Crippen molar-refractivity contribution in [3.05, 3.63) is 93.3 Å². The van der Waals surface area contributed by atoms with Gasteiger partial charge in [0.1, 0.15) is 0 Å². The lowest BCUT2D eigenvalue weighted by Gasteiger charge is -2.29. The molecule has 4 aromatic rings. The van der Waals surface area contributed by atoms with Gasteiger partial charge in [-0.05, 0) is 62.3 Å². The predicted molar refractivity (Wildman–Crippen MR) is 137 cm³/mol. The highest BCUT2D eigenvalue weighted by Crippen LogP contribution is 2.27. The monoisotopic (exact) mass is 489 g/mol. The van der Waals surface area contributed by atoms with Gasteiger partial charge in [0, 0.05) is 25.0 Å². The highest BCUT2D eigenvalue weighted by atomic mass is 35.5. The van der Waals surface area contributed by atoms with Crippen LogP contribution in [0, 0.1) is 12.8 Å². The van der Waals surface area contributed by atoms with Crippen LogP contribution < -0.4 is 11.0 Å². The molecule has 1 saturated carbocycles. The molecule has 0 saturated heterocycles. The van der Waals surface area contributed by atoms with Crippen molar-refractivity contribution in [1.82, 2.24) is 24.4 Å². The van der Waals surface area contributed by atoms with E-state index in [-0.39, 0.29) is 17.6 Å². The Morgan fingerprint density at radius 1 is 1.06 bits per heavy atom. The van der Waals surface area contributed by atoms with Gasteiger partial charge in [0.15, 0.2) is 5.65 Å². The lowest BCUT2D eigenvalue weighted by Crippen LogP contribution is -2.39. The summed E-state index contributed by atoms with van der Waals surface area (Å²) in [5, 5.41) is 3.59. The smallest absolute Gasteiger partial charge is 0.330 e. The van der Waals surface area contributed by atoms with Crippen molar-refractivity contribution in [2.45, 2.75) is 51.7 Å². The Bertz CT molecular complexity index is 1400. The molecule has 1 N–H and O–H groups in total. The van der Waals surface area contributed by atoms with Crippen LogP contribution in [0.25, 0.3) is 11.2 Å². The number of amides is 1. The third kappa shape index (κ3) is 5.00. The summed E-state index contributed by atoms with van der Waals surface area (Å²) in [5.74, 6) is 0.235. The maximum Gasteiger partial charge on any atom is 0.330 e. The molecule has 3 aromatic heterocycles. The molecular formula is C27H28ClN5O2. The first kappa shape index (κ1) is 23.3. The largest absolute Gasteiger partial charge is 0.349 e. The number of nitrogens with one attached hydrogen (secondary N) is 1. The van der Waals surface area contributed by atoms with Gasteiger partial charge in [0.25, 0.3) is 5.91 Å². The molecule has 7 nitrogen and oxygen atoms in total. The lowest BCUT2D eigenvalue weighted by atomic mass is 9.85. The van der Waals surface area contributed by atoms with Crippen LogP contribution in [0.5, 0.6) is 0 Å². The molecule has 8 heteroatoms. The van der Waals surface area contributed by atoms with E-state index >= 15 is 0 Å². The molecule has 1 aromatic carbocycles. The van der Waals surface area contributed by atoms with Gasteiger partial charge in [-0.15, -0.1) is 0 Å². The molecule has 0 radical (unpaired) electrons. The second kappa shape index (κ2) is 10.0. The summed E-state index contributed by atoms with van der Waals surface area (Å²) in [6, 6.07) is 15.6. The molecule has 35 heavy (non-hydrogen) atoms. The Kier molecular flexibility index (Phi) is 6.68. The van der Waals surface area contributed by atoms with Crippen molar-refractivity contribution in [2.75, 3.05) is 0 Å². The van der Waals surface area contributed by atoms with E-state index in [4.69, 9.17) is 11.6 Å². The average molecular weight is 490 g/mol. The van der Waals surface area contributed by atoms with E-state index in [1.54, 1.807) is 23.0 Å². The molecule has 1 amide bonds. The average Bonchev–Trinajstić information content (AvgIpc) is 3.13. The molecule has 0 aliphatic heterocycles. The van der Waals surface area contributed by atoms with Gasteiger partial charge in [-0.25, -0.2) is 9.78 Å². The Morgan fingerprint density at radius 3 is 2.60 bits per heavy atom. The standard InChI is InChI=1S/C27H28ClN5O2/c1-18-23(14-21(28)15-30-18)26(34)31-22-11-9-20(10-12-22)16-32-24-8-5-13-29-25(24)33(27(32)35)17-19-6-3-2-4-7-19/h2-8,13-15,20,22H,9-12,16-17H2,1H3,(H,31,34)/t20-,22-. The first-order valence-corrected chi connectivity index (χ1v) is 12.4. The van der Waals surface area contributed by atoms with Crippen molar-refractivity contribution in [1.29, 1.82) is 0 Å².